The van der Waals surface area contributed by atoms with Crippen LogP contribution in [0.15, 0.2) is 5.16 Å². The van der Waals surface area contributed by atoms with E-state index in [9.17, 15) is 19.8 Å². The van der Waals surface area contributed by atoms with E-state index in [2.05, 4.69) is 5.16 Å². The minimum absolute atomic E-state index is 0.316. The first kappa shape index (κ1) is 14.7. The van der Waals surface area contributed by atoms with Crippen LogP contribution in [0.4, 0.5) is 0 Å². The fourth-order valence-electron chi connectivity index (χ4n) is 2.37. The summed E-state index contributed by atoms with van der Waals surface area (Å²) in [6, 6.07) is 0. The molecule has 112 valence electrons. The second-order valence-electron chi connectivity index (χ2n) is 4.60. The Kier molecular flexibility index (Phi) is 3.90. The van der Waals surface area contributed by atoms with Crippen molar-refractivity contribution in [3.8, 4) is 0 Å². The molecular weight excluding hydrogens is 274 g/mol. The van der Waals surface area contributed by atoms with Crippen molar-refractivity contribution in [1.29, 1.82) is 0 Å². The van der Waals surface area contributed by atoms with Gasteiger partial charge in [-0.1, -0.05) is 5.16 Å². The fraction of sp³-hybridized carbons (Fsp3) is 0.700. The smallest absolute Gasteiger partial charge is 0.267 e. The van der Waals surface area contributed by atoms with E-state index < -0.39 is 54.9 Å². The molecule has 2 rings (SSSR count). The molecule has 0 aliphatic carbocycles. The van der Waals surface area contributed by atoms with Crippen LogP contribution in [0, 0.1) is 5.92 Å². The Balaban J connectivity index is 2.29. The summed E-state index contributed by atoms with van der Waals surface area (Å²) in [5, 5.41) is 32.0. The Bertz CT molecular complexity index is 454. The predicted octanol–water partition coefficient (Wildman–Crippen LogP) is -4.19. The number of rotatable bonds is 4. The van der Waals surface area contributed by atoms with E-state index in [0.29, 0.717) is 0 Å². The second kappa shape index (κ2) is 5.32. The summed E-state index contributed by atoms with van der Waals surface area (Å²) >= 11 is 0. The highest BCUT2D eigenvalue weighted by Gasteiger charge is 2.54. The van der Waals surface area contributed by atoms with Crippen LogP contribution in [-0.4, -0.2) is 70.0 Å². The van der Waals surface area contributed by atoms with E-state index in [-0.39, 0.29) is 5.71 Å². The number of nitrogens with two attached hydrogens (primary N) is 2. The molecule has 7 N–H and O–H groups in total. The average Bonchev–Trinajstić information content (AvgIpc) is 2.93. The van der Waals surface area contributed by atoms with E-state index in [1.807, 2.05) is 0 Å². The first-order chi connectivity index (χ1) is 9.38. The zero-order chi connectivity index (χ0) is 15.0. The van der Waals surface area contributed by atoms with Gasteiger partial charge < -0.3 is 36.4 Å². The van der Waals surface area contributed by atoms with Gasteiger partial charge in [-0.2, -0.15) is 0 Å². The van der Waals surface area contributed by atoms with Crippen molar-refractivity contribution in [2.24, 2.45) is 22.5 Å². The molecule has 0 aromatic heterocycles. The summed E-state index contributed by atoms with van der Waals surface area (Å²) in [7, 11) is 0. The molecule has 10 nitrogen and oxygen atoms in total. The molecule has 2 aliphatic heterocycles. The van der Waals surface area contributed by atoms with Gasteiger partial charge >= 0.3 is 0 Å². The maximum atomic E-state index is 11.3. The Morgan fingerprint density at radius 3 is 2.35 bits per heavy atom. The molecule has 0 aromatic carbocycles. The number of aliphatic hydroxyl groups excluding tert-OH is 3. The van der Waals surface area contributed by atoms with Crippen LogP contribution in [0.1, 0.15) is 0 Å². The van der Waals surface area contributed by atoms with Crippen LogP contribution < -0.4 is 11.5 Å². The molecule has 0 radical (unpaired) electrons. The number of nitrogens with zero attached hydrogens (tertiary/aromatic N) is 1. The van der Waals surface area contributed by atoms with Crippen molar-refractivity contribution in [2.75, 3.05) is 6.61 Å². The number of amides is 2. The molecule has 6 atom stereocenters. The number of oxime groups is 1. The molecule has 1 saturated heterocycles. The molecule has 0 bridgehead atoms. The third kappa shape index (κ3) is 2.22. The van der Waals surface area contributed by atoms with Gasteiger partial charge in [-0.25, -0.2) is 0 Å². The lowest BCUT2D eigenvalue weighted by Crippen LogP contribution is -2.49. The zero-order valence-electron chi connectivity index (χ0n) is 10.2. The highest BCUT2D eigenvalue weighted by molar-refractivity contribution is 6.40. The minimum atomic E-state index is -1.45. The van der Waals surface area contributed by atoms with E-state index >= 15 is 0 Å². The lowest BCUT2D eigenvalue weighted by molar-refractivity contribution is -0.134. The van der Waals surface area contributed by atoms with Gasteiger partial charge in [0.05, 0.1) is 18.6 Å². The first-order valence-corrected chi connectivity index (χ1v) is 5.83. The van der Waals surface area contributed by atoms with Gasteiger partial charge in [0.15, 0.2) is 5.71 Å². The molecule has 10 heteroatoms. The van der Waals surface area contributed by atoms with Gasteiger partial charge in [0, 0.05) is 0 Å². The van der Waals surface area contributed by atoms with Gasteiger partial charge in [-0.15, -0.1) is 0 Å². The number of hydrogen-bond acceptors (Lipinski definition) is 8. The fourth-order valence-corrected chi connectivity index (χ4v) is 2.37. The molecule has 0 unspecified atom stereocenters. The zero-order valence-corrected chi connectivity index (χ0v) is 10.2. The number of carbonyl (C=O) groups is 2. The Morgan fingerprint density at radius 1 is 1.25 bits per heavy atom. The molecule has 0 saturated carbocycles. The molecule has 0 aromatic rings. The Labute approximate surface area is 112 Å². The van der Waals surface area contributed by atoms with Gasteiger partial charge in [0.25, 0.3) is 11.8 Å². The maximum Gasteiger partial charge on any atom is 0.267 e. The van der Waals surface area contributed by atoms with Crippen LogP contribution in [-0.2, 0) is 19.2 Å². The summed E-state index contributed by atoms with van der Waals surface area (Å²) < 4.78 is 5.25. The van der Waals surface area contributed by atoms with Crippen molar-refractivity contribution >= 4 is 17.5 Å². The molecule has 20 heavy (non-hydrogen) atoms. The van der Waals surface area contributed by atoms with Crippen LogP contribution in [0.2, 0.25) is 0 Å². The largest absolute Gasteiger partial charge is 0.394 e. The summed E-state index contributed by atoms with van der Waals surface area (Å²) in [5.41, 5.74) is 9.93. The highest BCUT2D eigenvalue weighted by atomic mass is 16.7. The standard InChI is InChI=1S/C10H15N3O7/c11-9(17)4-3(8(10(12)18)20-13-4)7-6(16)5(15)2(1-14)19-7/h2-3,5-8,14-16H,1H2,(H2,11,17)(H2,12,18)/t2-,3+,5-,6-,7-,8+/m0/s1. The van der Waals surface area contributed by atoms with E-state index in [0.717, 1.165) is 0 Å². The lowest BCUT2D eigenvalue weighted by atomic mass is 9.87. The third-order valence-corrected chi connectivity index (χ3v) is 3.37. The van der Waals surface area contributed by atoms with Gasteiger partial charge in [-0.05, 0) is 0 Å². The summed E-state index contributed by atoms with van der Waals surface area (Å²) in [6.45, 7) is -0.549. The molecule has 2 aliphatic rings. The van der Waals surface area contributed by atoms with Crippen LogP contribution >= 0.6 is 0 Å². The monoisotopic (exact) mass is 289 g/mol. The second-order valence-corrected chi connectivity index (χ2v) is 4.60. The van der Waals surface area contributed by atoms with Crippen LogP contribution in [0.25, 0.3) is 0 Å². The van der Waals surface area contributed by atoms with Crippen molar-refractivity contribution in [3.63, 3.8) is 0 Å². The van der Waals surface area contributed by atoms with Crippen molar-refractivity contribution in [1.82, 2.24) is 0 Å². The third-order valence-electron chi connectivity index (χ3n) is 3.37. The molecule has 0 spiro atoms. The van der Waals surface area contributed by atoms with Crippen LogP contribution in [0.3, 0.4) is 0 Å². The normalized spacial score (nSPS) is 40.2. The van der Waals surface area contributed by atoms with E-state index in [1.165, 1.54) is 0 Å². The minimum Gasteiger partial charge on any atom is -0.394 e. The van der Waals surface area contributed by atoms with Crippen molar-refractivity contribution in [3.05, 3.63) is 0 Å². The average molecular weight is 289 g/mol. The number of aliphatic hydroxyl groups is 3. The van der Waals surface area contributed by atoms with Gasteiger partial charge in [-0.3, -0.25) is 9.59 Å². The van der Waals surface area contributed by atoms with Crippen molar-refractivity contribution < 1.29 is 34.5 Å². The molecular formula is C10H15N3O7. The Hall–Kier alpha value is -1.75. The molecule has 1 fully saturated rings. The first-order valence-electron chi connectivity index (χ1n) is 5.83. The molecule has 2 amide bonds. The summed E-state index contributed by atoms with van der Waals surface area (Å²) in [6.07, 6.45) is -6.44. The quantitative estimate of drug-likeness (QED) is 0.348. The predicted molar refractivity (Wildman–Crippen MR) is 61.9 cm³/mol. The number of ether oxygens (including phenoxy) is 1. The number of primary amides is 2. The summed E-state index contributed by atoms with van der Waals surface area (Å²) in [5.74, 6) is -3.03. The van der Waals surface area contributed by atoms with E-state index in [4.69, 9.17) is 26.1 Å². The van der Waals surface area contributed by atoms with Crippen LogP contribution in [0.5, 0.6) is 0 Å². The maximum absolute atomic E-state index is 11.3. The highest BCUT2D eigenvalue weighted by Crippen LogP contribution is 2.33. The molecule has 2 heterocycles. The van der Waals surface area contributed by atoms with Gasteiger partial charge in [0.1, 0.15) is 18.3 Å². The lowest BCUT2D eigenvalue weighted by Gasteiger charge is -2.23. The SMILES string of the molecule is NC(=O)C1=NO[C@@H](C(N)=O)[C@H]1[C@@H]1O[C@@H](CO)[C@H](O)[C@@H]1O. The van der Waals surface area contributed by atoms with E-state index in [1.54, 1.807) is 0 Å². The number of hydrogen-bond donors (Lipinski definition) is 5. The summed E-state index contributed by atoms with van der Waals surface area (Å²) in [4.78, 5) is 27.3. The van der Waals surface area contributed by atoms with Crippen molar-refractivity contribution in [2.45, 2.75) is 30.5 Å². The Morgan fingerprint density at radius 2 is 1.90 bits per heavy atom. The van der Waals surface area contributed by atoms with Gasteiger partial charge in [0.2, 0.25) is 6.10 Å². The topological polar surface area (TPSA) is 178 Å². The number of carbonyl (C=O) groups excluding carboxylic acids is 2.